The van der Waals surface area contributed by atoms with E-state index in [4.69, 9.17) is 5.11 Å². The van der Waals surface area contributed by atoms with Crippen molar-refractivity contribution < 1.29 is 9.90 Å². The molecule has 1 aromatic carbocycles. The third-order valence-corrected chi connectivity index (χ3v) is 2.96. The summed E-state index contributed by atoms with van der Waals surface area (Å²) in [5.74, 6) is -0.00510. The molecular formula is C13H18N2O2. The standard InChI is InChI=1S/C13H18N2O2/c1-15(12-5-6-12)8-13(17)14-11-4-2-3-10(7-11)9-16/h2-4,7,12,16H,5-6,8-9H2,1H3,(H,14,17). The monoisotopic (exact) mass is 234 g/mol. The van der Waals surface area contributed by atoms with E-state index in [9.17, 15) is 4.79 Å². The maximum atomic E-state index is 11.7. The first-order valence-electron chi connectivity index (χ1n) is 5.89. The molecule has 0 saturated heterocycles. The number of aliphatic hydroxyl groups excluding tert-OH is 1. The van der Waals surface area contributed by atoms with Crippen LogP contribution in [-0.4, -0.2) is 35.5 Å². The Morgan fingerprint density at radius 2 is 2.29 bits per heavy atom. The first-order valence-corrected chi connectivity index (χ1v) is 5.89. The van der Waals surface area contributed by atoms with Gasteiger partial charge in [-0.25, -0.2) is 0 Å². The molecule has 2 rings (SSSR count). The molecule has 0 radical (unpaired) electrons. The van der Waals surface area contributed by atoms with Gasteiger partial charge in [0.15, 0.2) is 0 Å². The van der Waals surface area contributed by atoms with Gasteiger partial charge in [-0.1, -0.05) is 12.1 Å². The van der Waals surface area contributed by atoms with Crippen LogP contribution >= 0.6 is 0 Å². The van der Waals surface area contributed by atoms with E-state index in [0.717, 1.165) is 11.3 Å². The number of likely N-dealkylation sites (N-methyl/N-ethyl adjacent to an activating group) is 1. The van der Waals surface area contributed by atoms with Crippen molar-refractivity contribution in [2.75, 3.05) is 18.9 Å². The number of anilines is 1. The highest BCUT2D eigenvalue weighted by molar-refractivity contribution is 5.92. The molecule has 17 heavy (non-hydrogen) atoms. The molecule has 0 atom stereocenters. The van der Waals surface area contributed by atoms with Crippen LogP contribution in [0.5, 0.6) is 0 Å². The fraction of sp³-hybridized carbons (Fsp3) is 0.462. The molecule has 1 amide bonds. The predicted octanol–water partition coefficient (Wildman–Crippen LogP) is 1.21. The largest absolute Gasteiger partial charge is 0.392 e. The number of amides is 1. The first kappa shape index (κ1) is 12.1. The molecule has 1 aliphatic carbocycles. The number of carbonyl (C=O) groups is 1. The summed E-state index contributed by atoms with van der Waals surface area (Å²) in [6, 6.07) is 7.85. The lowest BCUT2D eigenvalue weighted by atomic mass is 10.2. The van der Waals surface area contributed by atoms with E-state index < -0.39 is 0 Å². The molecule has 0 heterocycles. The normalized spacial score (nSPS) is 15.0. The molecule has 1 saturated carbocycles. The van der Waals surface area contributed by atoms with Gasteiger partial charge in [0.1, 0.15) is 0 Å². The van der Waals surface area contributed by atoms with Gasteiger partial charge in [0.25, 0.3) is 0 Å². The number of nitrogens with zero attached hydrogens (tertiary/aromatic N) is 1. The summed E-state index contributed by atoms with van der Waals surface area (Å²) < 4.78 is 0. The molecule has 0 aromatic heterocycles. The van der Waals surface area contributed by atoms with Crippen LogP contribution in [0.1, 0.15) is 18.4 Å². The molecule has 0 bridgehead atoms. The van der Waals surface area contributed by atoms with E-state index in [1.54, 1.807) is 6.07 Å². The van der Waals surface area contributed by atoms with Crippen LogP contribution in [0.25, 0.3) is 0 Å². The van der Waals surface area contributed by atoms with E-state index in [0.29, 0.717) is 12.6 Å². The highest BCUT2D eigenvalue weighted by Crippen LogP contribution is 2.24. The van der Waals surface area contributed by atoms with Crippen molar-refractivity contribution in [2.24, 2.45) is 0 Å². The van der Waals surface area contributed by atoms with Crippen molar-refractivity contribution in [3.63, 3.8) is 0 Å². The van der Waals surface area contributed by atoms with Gasteiger partial charge in [-0.3, -0.25) is 9.69 Å². The molecule has 1 fully saturated rings. The van der Waals surface area contributed by atoms with Gasteiger partial charge in [-0.15, -0.1) is 0 Å². The third kappa shape index (κ3) is 3.54. The van der Waals surface area contributed by atoms with Crippen LogP contribution in [0, 0.1) is 0 Å². The Morgan fingerprint density at radius 3 is 2.94 bits per heavy atom. The summed E-state index contributed by atoms with van der Waals surface area (Å²) in [6.07, 6.45) is 2.40. The van der Waals surface area contributed by atoms with Gasteiger partial charge in [-0.2, -0.15) is 0 Å². The van der Waals surface area contributed by atoms with Crippen LogP contribution in [-0.2, 0) is 11.4 Å². The van der Waals surface area contributed by atoms with E-state index in [2.05, 4.69) is 10.2 Å². The van der Waals surface area contributed by atoms with Crippen molar-refractivity contribution in [2.45, 2.75) is 25.5 Å². The average molecular weight is 234 g/mol. The number of hydrogen-bond donors (Lipinski definition) is 2. The smallest absolute Gasteiger partial charge is 0.238 e. The Kier molecular flexibility index (Phi) is 3.76. The molecular weight excluding hydrogens is 216 g/mol. The quantitative estimate of drug-likeness (QED) is 0.805. The Balaban J connectivity index is 1.88. The second kappa shape index (κ2) is 5.29. The fourth-order valence-electron chi connectivity index (χ4n) is 1.82. The lowest BCUT2D eigenvalue weighted by Crippen LogP contribution is -2.31. The molecule has 0 spiro atoms. The lowest BCUT2D eigenvalue weighted by Gasteiger charge is -2.15. The van der Waals surface area contributed by atoms with Gasteiger partial charge in [0, 0.05) is 11.7 Å². The van der Waals surface area contributed by atoms with E-state index in [1.165, 1.54) is 12.8 Å². The molecule has 4 heteroatoms. The topological polar surface area (TPSA) is 52.6 Å². The van der Waals surface area contributed by atoms with Crippen molar-refractivity contribution in [1.82, 2.24) is 4.90 Å². The number of aliphatic hydroxyl groups is 1. The summed E-state index contributed by atoms with van der Waals surface area (Å²) in [5, 5.41) is 11.8. The van der Waals surface area contributed by atoms with Gasteiger partial charge in [0.2, 0.25) is 5.91 Å². The molecule has 1 aliphatic rings. The SMILES string of the molecule is CN(CC(=O)Nc1cccc(CO)c1)C1CC1. The highest BCUT2D eigenvalue weighted by atomic mass is 16.3. The number of carbonyl (C=O) groups excluding carboxylic acids is 1. The zero-order valence-electron chi connectivity index (χ0n) is 10.0. The summed E-state index contributed by atoms with van der Waals surface area (Å²) in [4.78, 5) is 13.8. The second-order valence-electron chi connectivity index (χ2n) is 4.55. The Morgan fingerprint density at radius 1 is 1.53 bits per heavy atom. The summed E-state index contributed by atoms with van der Waals surface area (Å²) in [5.41, 5.74) is 1.55. The molecule has 4 nitrogen and oxygen atoms in total. The Hall–Kier alpha value is -1.39. The molecule has 1 aromatic rings. The molecule has 92 valence electrons. The zero-order valence-corrected chi connectivity index (χ0v) is 10.0. The van der Waals surface area contributed by atoms with Gasteiger partial charge >= 0.3 is 0 Å². The van der Waals surface area contributed by atoms with E-state index in [1.807, 2.05) is 25.2 Å². The van der Waals surface area contributed by atoms with Crippen LogP contribution in [0.3, 0.4) is 0 Å². The zero-order chi connectivity index (χ0) is 12.3. The second-order valence-corrected chi connectivity index (χ2v) is 4.55. The summed E-state index contributed by atoms with van der Waals surface area (Å²) >= 11 is 0. The molecule has 2 N–H and O–H groups in total. The van der Waals surface area contributed by atoms with E-state index >= 15 is 0 Å². The number of benzene rings is 1. The maximum Gasteiger partial charge on any atom is 0.238 e. The van der Waals surface area contributed by atoms with Crippen molar-refractivity contribution in [3.05, 3.63) is 29.8 Å². The van der Waals surface area contributed by atoms with Crippen LogP contribution in [0.4, 0.5) is 5.69 Å². The van der Waals surface area contributed by atoms with E-state index in [-0.39, 0.29) is 12.5 Å². The van der Waals surface area contributed by atoms with Gasteiger partial charge in [0.05, 0.1) is 13.2 Å². The van der Waals surface area contributed by atoms with Crippen molar-refractivity contribution >= 4 is 11.6 Å². The third-order valence-electron chi connectivity index (χ3n) is 2.96. The van der Waals surface area contributed by atoms with Crippen molar-refractivity contribution in [1.29, 1.82) is 0 Å². The maximum absolute atomic E-state index is 11.7. The lowest BCUT2D eigenvalue weighted by molar-refractivity contribution is -0.117. The fourth-order valence-corrected chi connectivity index (χ4v) is 1.82. The number of rotatable bonds is 5. The summed E-state index contributed by atoms with van der Waals surface area (Å²) in [7, 11) is 1.97. The molecule has 0 aliphatic heterocycles. The van der Waals surface area contributed by atoms with Gasteiger partial charge in [-0.05, 0) is 37.6 Å². The van der Waals surface area contributed by atoms with Crippen molar-refractivity contribution in [3.8, 4) is 0 Å². The minimum Gasteiger partial charge on any atom is -0.392 e. The minimum atomic E-state index is -0.00825. The number of nitrogens with one attached hydrogen (secondary N) is 1. The van der Waals surface area contributed by atoms with Crippen LogP contribution in [0.2, 0.25) is 0 Å². The predicted molar refractivity (Wildman–Crippen MR) is 66.6 cm³/mol. The average Bonchev–Trinajstić information content (AvgIpc) is 3.12. The van der Waals surface area contributed by atoms with Gasteiger partial charge < -0.3 is 10.4 Å². The summed E-state index contributed by atoms with van der Waals surface area (Å²) in [6.45, 7) is 0.416. The minimum absolute atomic E-state index is 0.00510. The first-order chi connectivity index (χ1) is 8.19. The Labute approximate surface area is 101 Å². The molecule has 0 unspecified atom stereocenters. The highest BCUT2D eigenvalue weighted by Gasteiger charge is 2.27. The van der Waals surface area contributed by atoms with Crippen LogP contribution in [0.15, 0.2) is 24.3 Å². The number of hydrogen-bond acceptors (Lipinski definition) is 3. The Bertz CT molecular complexity index is 402. The van der Waals surface area contributed by atoms with Crippen LogP contribution < -0.4 is 5.32 Å².